The van der Waals surface area contributed by atoms with Crippen LogP contribution in [0, 0.1) is 0 Å². The first-order valence-corrected chi connectivity index (χ1v) is 5.09. The predicted octanol–water partition coefficient (Wildman–Crippen LogP) is 3.48. The molecule has 72 valence electrons. The van der Waals surface area contributed by atoms with Crippen molar-refractivity contribution in [2.45, 2.75) is 5.37 Å². The summed E-state index contributed by atoms with van der Waals surface area (Å²) in [4.78, 5) is 1.97. The van der Waals surface area contributed by atoms with Gasteiger partial charge in [0.05, 0.1) is 5.37 Å². The molecule has 1 nitrogen and oxygen atoms in total. The molecule has 1 aromatic carbocycles. The van der Waals surface area contributed by atoms with E-state index in [0.717, 1.165) is 5.56 Å². The van der Waals surface area contributed by atoms with Crippen molar-refractivity contribution in [2.75, 3.05) is 14.1 Å². The van der Waals surface area contributed by atoms with Crippen LogP contribution in [0.25, 0.3) is 0 Å². The fraction of sp³-hybridized carbons (Fsp3) is 0.333. The van der Waals surface area contributed by atoms with Crippen molar-refractivity contribution in [2.24, 2.45) is 0 Å². The van der Waals surface area contributed by atoms with Crippen LogP contribution in [0.1, 0.15) is 10.9 Å². The summed E-state index contributed by atoms with van der Waals surface area (Å²) in [5.41, 5.74) is 0.972. The average Bonchev–Trinajstić information content (AvgIpc) is 2.03. The van der Waals surface area contributed by atoms with Gasteiger partial charge in [0.25, 0.3) is 0 Å². The van der Waals surface area contributed by atoms with Gasteiger partial charge in [-0.2, -0.15) is 12.6 Å². The topological polar surface area (TPSA) is 3.24 Å². The molecule has 1 unspecified atom stereocenters. The molecule has 1 aromatic rings. The van der Waals surface area contributed by atoms with Gasteiger partial charge < -0.3 is 0 Å². The van der Waals surface area contributed by atoms with E-state index in [-0.39, 0.29) is 5.37 Å². The van der Waals surface area contributed by atoms with E-state index in [1.807, 2.05) is 31.1 Å². The lowest BCUT2D eigenvalue weighted by Crippen LogP contribution is -2.15. The Morgan fingerprint density at radius 3 is 2.38 bits per heavy atom. The zero-order chi connectivity index (χ0) is 10.0. The van der Waals surface area contributed by atoms with Crippen LogP contribution in [-0.2, 0) is 0 Å². The van der Waals surface area contributed by atoms with Crippen molar-refractivity contribution in [3.8, 4) is 0 Å². The molecule has 0 bridgehead atoms. The largest absolute Gasteiger partial charge is 0.294 e. The van der Waals surface area contributed by atoms with Crippen molar-refractivity contribution in [1.82, 2.24) is 4.90 Å². The lowest BCUT2D eigenvalue weighted by atomic mass is 10.2. The summed E-state index contributed by atoms with van der Waals surface area (Å²) in [6, 6.07) is 5.43. The molecule has 0 aliphatic rings. The van der Waals surface area contributed by atoms with Gasteiger partial charge in [0.15, 0.2) is 0 Å². The maximum absolute atomic E-state index is 6.01. The highest BCUT2D eigenvalue weighted by Gasteiger charge is 2.12. The van der Waals surface area contributed by atoms with Crippen LogP contribution in [0.3, 0.4) is 0 Å². The van der Waals surface area contributed by atoms with Crippen molar-refractivity contribution < 1.29 is 0 Å². The van der Waals surface area contributed by atoms with Crippen LogP contribution >= 0.6 is 35.8 Å². The fourth-order valence-corrected chi connectivity index (χ4v) is 1.80. The van der Waals surface area contributed by atoms with Crippen molar-refractivity contribution in [3.05, 3.63) is 33.8 Å². The van der Waals surface area contributed by atoms with Gasteiger partial charge in [-0.1, -0.05) is 29.3 Å². The first-order chi connectivity index (χ1) is 6.02. The summed E-state index contributed by atoms with van der Waals surface area (Å²) >= 11 is 16.2. The van der Waals surface area contributed by atoms with Gasteiger partial charge >= 0.3 is 0 Å². The van der Waals surface area contributed by atoms with E-state index >= 15 is 0 Å². The molecule has 0 aliphatic heterocycles. The Morgan fingerprint density at radius 1 is 1.31 bits per heavy atom. The number of rotatable bonds is 2. The van der Waals surface area contributed by atoms with Gasteiger partial charge in [0, 0.05) is 10.0 Å². The number of nitrogens with zero attached hydrogens (tertiary/aromatic N) is 1. The number of thiol groups is 1. The fourth-order valence-electron chi connectivity index (χ4n) is 0.989. The SMILES string of the molecule is CN(C)C(S)c1ccc(Cl)cc1Cl. The second kappa shape index (κ2) is 4.56. The molecular formula is C9H11Cl2NS. The van der Waals surface area contributed by atoms with Crippen molar-refractivity contribution >= 4 is 35.8 Å². The van der Waals surface area contributed by atoms with Crippen LogP contribution in [0.15, 0.2) is 18.2 Å². The smallest absolute Gasteiger partial charge is 0.0794 e. The summed E-state index contributed by atoms with van der Waals surface area (Å²) in [5, 5.41) is 1.30. The molecule has 0 spiro atoms. The minimum Gasteiger partial charge on any atom is -0.294 e. The van der Waals surface area contributed by atoms with Crippen molar-refractivity contribution in [1.29, 1.82) is 0 Å². The zero-order valence-corrected chi connectivity index (χ0v) is 9.87. The summed E-state index contributed by atoms with van der Waals surface area (Å²) in [5.74, 6) is 0. The third kappa shape index (κ3) is 2.78. The monoisotopic (exact) mass is 235 g/mol. The van der Waals surface area contributed by atoms with Gasteiger partial charge in [0.1, 0.15) is 0 Å². The van der Waals surface area contributed by atoms with E-state index in [4.69, 9.17) is 23.2 Å². The Labute approximate surface area is 94.0 Å². The van der Waals surface area contributed by atoms with Gasteiger partial charge in [-0.05, 0) is 31.8 Å². The second-order valence-electron chi connectivity index (χ2n) is 3.00. The molecule has 0 aliphatic carbocycles. The molecule has 0 aromatic heterocycles. The van der Waals surface area contributed by atoms with E-state index in [1.54, 1.807) is 6.07 Å². The molecule has 0 N–H and O–H groups in total. The number of halogens is 2. The van der Waals surface area contributed by atoms with Crippen LogP contribution in [0.5, 0.6) is 0 Å². The maximum atomic E-state index is 6.01. The third-order valence-electron chi connectivity index (χ3n) is 1.73. The quantitative estimate of drug-likeness (QED) is 0.607. The molecule has 13 heavy (non-hydrogen) atoms. The first kappa shape index (κ1) is 11.2. The molecule has 0 amide bonds. The molecule has 0 saturated heterocycles. The minimum atomic E-state index is 0.00441. The highest BCUT2D eigenvalue weighted by molar-refractivity contribution is 7.80. The predicted molar refractivity (Wildman–Crippen MR) is 61.9 cm³/mol. The first-order valence-electron chi connectivity index (χ1n) is 3.82. The highest BCUT2D eigenvalue weighted by atomic mass is 35.5. The number of hydrogen-bond donors (Lipinski definition) is 1. The Kier molecular flexibility index (Phi) is 3.92. The van der Waals surface area contributed by atoms with Crippen LogP contribution in [0.4, 0.5) is 0 Å². The zero-order valence-electron chi connectivity index (χ0n) is 7.46. The van der Waals surface area contributed by atoms with Gasteiger partial charge in [-0.3, -0.25) is 4.90 Å². The molecular weight excluding hydrogens is 225 g/mol. The van der Waals surface area contributed by atoms with E-state index in [9.17, 15) is 0 Å². The molecule has 0 fully saturated rings. The van der Waals surface area contributed by atoms with Gasteiger partial charge in [-0.25, -0.2) is 0 Å². The highest BCUT2D eigenvalue weighted by Crippen LogP contribution is 2.30. The van der Waals surface area contributed by atoms with E-state index < -0.39 is 0 Å². The second-order valence-corrected chi connectivity index (χ2v) is 4.34. The van der Waals surface area contributed by atoms with Gasteiger partial charge in [0.2, 0.25) is 0 Å². The maximum Gasteiger partial charge on any atom is 0.0794 e. The molecule has 1 atom stereocenters. The lowest BCUT2D eigenvalue weighted by molar-refractivity contribution is 0.394. The molecule has 0 saturated carbocycles. The summed E-state index contributed by atoms with van der Waals surface area (Å²) in [6.07, 6.45) is 0. The van der Waals surface area contributed by atoms with Crippen LogP contribution in [-0.4, -0.2) is 19.0 Å². The Morgan fingerprint density at radius 2 is 1.92 bits per heavy atom. The summed E-state index contributed by atoms with van der Waals surface area (Å²) in [6.45, 7) is 0. The minimum absolute atomic E-state index is 0.00441. The Bertz CT molecular complexity index is 302. The molecule has 1 rings (SSSR count). The third-order valence-corrected chi connectivity index (χ3v) is 3.03. The Hall–Kier alpha value is 0.110. The normalized spacial score (nSPS) is 13.4. The van der Waals surface area contributed by atoms with Crippen molar-refractivity contribution in [3.63, 3.8) is 0 Å². The number of hydrogen-bond acceptors (Lipinski definition) is 2. The average molecular weight is 236 g/mol. The summed E-state index contributed by atoms with van der Waals surface area (Å²) in [7, 11) is 3.89. The molecule has 4 heteroatoms. The van der Waals surface area contributed by atoms with Gasteiger partial charge in [-0.15, -0.1) is 0 Å². The lowest BCUT2D eigenvalue weighted by Gasteiger charge is -2.20. The molecule has 0 heterocycles. The Balaban J connectivity index is 3.01. The van der Waals surface area contributed by atoms with E-state index in [0.29, 0.717) is 10.0 Å². The number of benzene rings is 1. The van der Waals surface area contributed by atoms with Crippen LogP contribution < -0.4 is 0 Å². The van der Waals surface area contributed by atoms with E-state index in [1.165, 1.54) is 0 Å². The van der Waals surface area contributed by atoms with Crippen LogP contribution in [0.2, 0.25) is 10.0 Å². The molecule has 0 radical (unpaired) electrons. The standard InChI is InChI=1S/C9H11Cl2NS/c1-12(2)9(13)7-4-3-6(10)5-8(7)11/h3-5,9,13H,1-2H3. The summed E-state index contributed by atoms with van der Waals surface area (Å²) < 4.78 is 0. The van der Waals surface area contributed by atoms with E-state index in [2.05, 4.69) is 12.6 Å².